The summed E-state index contributed by atoms with van der Waals surface area (Å²) >= 11 is 0. The predicted octanol–water partition coefficient (Wildman–Crippen LogP) is 4.32. The minimum Gasteiger partial charge on any atom is -0.0730 e. The summed E-state index contributed by atoms with van der Waals surface area (Å²) < 4.78 is 0. The summed E-state index contributed by atoms with van der Waals surface area (Å²) in [7, 11) is 0. The van der Waals surface area contributed by atoms with Crippen LogP contribution in [0.15, 0.2) is 46.6 Å². The number of allylic oxidation sites excluding steroid dienone is 8. The van der Waals surface area contributed by atoms with E-state index in [1.807, 2.05) is 0 Å². The van der Waals surface area contributed by atoms with E-state index < -0.39 is 0 Å². The van der Waals surface area contributed by atoms with Gasteiger partial charge in [-0.2, -0.15) is 0 Å². The van der Waals surface area contributed by atoms with Crippen LogP contribution in [0, 0.1) is 0 Å². The first kappa shape index (κ1) is 9.51. The van der Waals surface area contributed by atoms with Gasteiger partial charge in [-0.1, -0.05) is 35.5 Å². The van der Waals surface area contributed by atoms with Gasteiger partial charge in [0.2, 0.25) is 0 Å². The lowest BCUT2D eigenvalue weighted by atomic mass is 9.88. The molecule has 74 valence electrons. The van der Waals surface area contributed by atoms with Crippen LogP contribution in [0.1, 0.15) is 39.5 Å². The largest absolute Gasteiger partial charge is 0.0730 e. The van der Waals surface area contributed by atoms with Crippen molar-refractivity contribution >= 4 is 0 Å². The van der Waals surface area contributed by atoms with E-state index in [-0.39, 0.29) is 0 Å². The third-order valence-corrected chi connectivity index (χ3v) is 3.13. The highest BCUT2D eigenvalue weighted by molar-refractivity contribution is 5.41. The van der Waals surface area contributed by atoms with E-state index in [2.05, 4.69) is 38.2 Å². The third-order valence-electron chi connectivity index (χ3n) is 3.13. The minimum absolute atomic E-state index is 1.24. The maximum Gasteiger partial charge on any atom is -0.0239 e. The average Bonchev–Trinajstić information content (AvgIpc) is 2.21. The quantitative estimate of drug-likeness (QED) is 0.572. The van der Waals surface area contributed by atoms with E-state index in [4.69, 9.17) is 0 Å². The van der Waals surface area contributed by atoms with Crippen molar-refractivity contribution in [1.82, 2.24) is 0 Å². The molecule has 2 aliphatic carbocycles. The van der Waals surface area contributed by atoms with E-state index in [1.165, 1.54) is 36.8 Å². The van der Waals surface area contributed by atoms with Gasteiger partial charge in [0.05, 0.1) is 0 Å². The lowest BCUT2D eigenvalue weighted by Gasteiger charge is -2.18. The maximum atomic E-state index is 2.30. The number of hydrogen-bond donors (Lipinski definition) is 0. The maximum absolute atomic E-state index is 2.30. The van der Waals surface area contributed by atoms with Crippen molar-refractivity contribution in [2.75, 3.05) is 0 Å². The monoisotopic (exact) mass is 186 g/mol. The van der Waals surface area contributed by atoms with Crippen LogP contribution in [0.4, 0.5) is 0 Å². The molecule has 0 heteroatoms. The van der Waals surface area contributed by atoms with Gasteiger partial charge in [-0.05, 0) is 50.7 Å². The molecule has 0 aliphatic heterocycles. The lowest BCUT2D eigenvalue weighted by molar-refractivity contribution is 0.851. The van der Waals surface area contributed by atoms with E-state index in [0.717, 1.165) is 0 Å². The summed E-state index contributed by atoms with van der Waals surface area (Å²) in [6.45, 7) is 4.43. The molecule has 0 unspecified atom stereocenters. The smallest absolute Gasteiger partial charge is 0.0239 e. The van der Waals surface area contributed by atoms with Gasteiger partial charge in [-0.15, -0.1) is 0 Å². The number of hydrogen-bond acceptors (Lipinski definition) is 0. The summed E-state index contributed by atoms with van der Waals surface area (Å²) in [5, 5.41) is 0. The Hall–Kier alpha value is -1.04. The van der Waals surface area contributed by atoms with Crippen LogP contribution < -0.4 is 0 Å². The predicted molar refractivity (Wildman–Crippen MR) is 62.1 cm³/mol. The van der Waals surface area contributed by atoms with Gasteiger partial charge in [0.1, 0.15) is 0 Å². The van der Waals surface area contributed by atoms with Gasteiger partial charge in [0.25, 0.3) is 0 Å². The van der Waals surface area contributed by atoms with Crippen molar-refractivity contribution < 1.29 is 0 Å². The molecular weight excluding hydrogens is 168 g/mol. The topological polar surface area (TPSA) is 0 Å². The highest BCUT2D eigenvalue weighted by Crippen LogP contribution is 2.29. The molecule has 0 fully saturated rings. The molecule has 0 aromatic carbocycles. The normalized spacial score (nSPS) is 22.1. The number of rotatable bonds is 1. The summed E-state index contributed by atoms with van der Waals surface area (Å²) in [6, 6.07) is 0. The molecule has 0 saturated carbocycles. The Morgan fingerprint density at radius 1 is 0.643 bits per heavy atom. The van der Waals surface area contributed by atoms with Gasteiger partial charge < -0.3 is 0 Å². The summed E-state index contributed by atoms with van der Waals surface area (Å²) in [4.78, 5) is 0. The summed E-state index contributed by atoms with van der Waals surface area (Å²) in [5.41, 5.74) is 6.13. The van der Waals surface area contributed by atoms with Crippen LogP contribution in [0.3, 0.4) is 0 Å². The summed E-state index contributed by atoms with van der Waals surface area (Å²) in [5.74, 6) is 0. The summed E-state index contributed by atoms with van der Waals surface area (Å²) in [6.07, 6.45) is 14.1. The molecule has 0 N–H and O–H groups in total. The Bertz CT molecular complexity index is 312. The van der Waals surface area contributed by atoms with E-state index in [9.17, 15) is 0 Å². The zero-order valence-electron chi connectivity index (χ0n) is 9.14. The van der Waals surface area contributed by atoms with Crippen LogP contribution in [-0.2, 0) is 0 Å². The molecular formula is C14H18. The Balaban J connectivity index is 2.17. The molecule has 0 aromatic rings. The van der Waals surface area contributed by atoms with Gasteiger partial charge in [0.15, 0.2) is 0 Å². The van der Waals surface area contributed by atoms with Crippen LogP contribution in [0.5, 0.6) is 0 Å². The first-order chi connectivity index (χ1) is 6.75. The molecule has 0 spiro atoms. The van der Waals surface area contributed by atoms with Crippen LogP contribution in [-0.4, -0.2) is 0 Å². The molecule has 0 amide bonds. The minimum atomic E-state index is 1.24. The average molecular weight is 186 g/mol. The fourth-order valence-electron chi connectivity index (χ4n) is 2.02. The lowest BCUT2D eigenvalue weighted by Crippen LogP contribution is -1.98. The SMILES string of the molecule is CC1=CC=C(C2=CC=C(C)CC2)CC1. The molecule has 0 bridgehead atoms. The third kappa shape index (κ3) is 2.06. The second kappa shape index (κ2) is 4.00. The van der Waals surface area contributed by atoms with Crippen molar-refractivity contribution in [3.05, 3.63) is 46.6 Å². The Morgan fingerprint density at radius 2 is 1.07 bits per heavy atom. The van der Waals surface area contributed by atoms with E-state index in [1.54, 1.807) is 11.1 Å². The molecule has 0 saturated heterocycles. The Morgan fingerprint density at radius 3 is 1.36 bits per heavy atom. The molecule has 0 heterocycles. The second-order valence-electron chi connectivity index (χ2n) is 4.41. The molecule has 0 atom stereocenters. The zero-order valence-corrected chi connectivity index (χ0v) is 9.14. The van der Waals surface area contributed by atoms with Crippen molar-refractivity contribution in [2.24, 2.45) is 0 Å². The van der Waals surface area contributed by atoms with Crippen molar-refractivity contribution in [2.45, 2.75) is 39.5 Å². The highest BCUT2D eigenvalue weighted by atomic mass is 14.2. The van der Waals surface area contributed by atoms with Crippen molar-refractivity contribution in [3.63, 3.8) is 0 Å². The fourth-order valence-corrected chi connectivity index (χ4v) is 2.02. The molecule has 2 rings (SSSR count). The van der Waals surface area contributed by atoms with Gasteiger partial charge in [0, 0.05) is 0 Å². The molecule has 14 heavy (non-hydrogen) atoms. The van der Waals surface area contributed by atoms with Crippen molar-refractivity contribution in [3.8, 4) is 0 Å². The highest BCUT2D eigenvalue weighted by Gasteiger charge is 2.10. The second-order valence-corrected chi connectivity index (χ2v) is 4.41. The van der Waals surface area contributed by atoms with Crippen molar-refractivity contribution in [1.29, 1.82) is 0 Å². The standard InChI is InChI=1S/C14H18/c1-11-3-7-13(8-4-11)14-9-5-12(2)6-10-14/h3,5,7,9H,4,6,8,10H2,1-2H3. The first-order valence-electron chi connectivity index (χ1n) is 5.49. The first-order valence-corrected chi connectivity index (χ1v) is 5.49. The molecule has 0 nitrogen and oxygen atoms in total. The van der Waals surface area contributed by atoms with Crippen LogP contribution in [0.25, 0.3) is 0 Å². The van der Waals surface area contributed by atoms with E-state index >= 15 is 0 Å². The van der Waals surface area contributed by atoms with Gasteiger partial charge >= 0.3 is 0 Å². The van der Waals surface area contributed by atoms with Gasteiger partial charge in [-0.3, -0.25) is 0 Å². The fraction of sp³-hybridized carbons (Fsp3) is 0.429. The van der Waals surface area contributed by atoms with E-state index in [0.29, 0.717) is 0 Å². The Labute approximate surface area is 86.7 Å². The zero-order chi connectivity index (χ0) is 9.97. The Kier molecular flexibility index (Phi) is 2.72. The molecule has 0 radical (unpaired) electrons. The van der Waals surface area contributed by atoms with Crippen LogP contribution >= 0.6 is 0 Å². The molecule has 0 aromatic heterocycles. The van der Waals surface area contributed by atoms with Crippen LogP contribution in [0.2, 0.25) is 0 Å². The molecule has 2 aliphatic rings. The van der Waals surface area contributed by atoms with Gasteiger partial charge in [-0.25, -0.2) is 0 Å².